The number of nitrogens with zero attached hydrogens (tertiary/aromatic N) is 2. The number of carbonyl (C=O) groups excluding carboxylic acids is 1. The van der Waals surface area contributed by atoms with Gasteiger partial charge in [0.05, 0.1) is 17.7 Å². The lowest BCUT2D eigenvalue weighted by Crippen LogP contribution is -2.11. The maximum absolute atomic E-state index is 12.2. The molecule has 0 aliphatic carbocycles. The molecule has 0 bridgehead atoms. The van der Waals surface area contributed by atoms with E-state index < -0.39 is 4.92 Å². The van der Waals surface area contributed by atoms with Crippen LogP contribution in [0.15, 0.2) is 54.6 Å². The fraction of sp³-hybridized carbons (Fsp3) is 0.0588. The first kappa shape index (κ1) is 16.2. The van der Waals surface area contributed by atoms with Gasteiger partial charge in [-0.1, -0.05) is 12.1 Å². The van der Waals surface area contributed by atoms with Crippen molar-refractivity contribution >= 4 is 17.4 Å². The van der Waals surface area contributed by atoms with Gasteiger partial charge in [0.25, 0.3) is 11.6 Å². The first-order valence-corrected chi connectivity index (χ1v) is 7.32. The van der Waals surface area contributed by atoms with Gasteiger partial charge in [0.15, 0.2) is 5.82 Å². The summed E-state index contributed by atoms with van der Waals surface area (Å²) >= 11 is 0. The smallest absolute Gasteiger partial charge is 0.270 e. The van der Waals surface area contributed by atoms with Gasteiger partial charge in [-0.25, -0.2) is 0 Å². The van der Waals surface area contributed by atoms with Gasteiger partial charge in [-0.05, 0) is 24.3 Å². The minimum atomic E-state index is -0.466. The lowest BCUT2D eigenvalue weighted by molar-refractivity contribution is -0.384. The van der Waals surface area contributed by atoms with Crippen molar-refractivity contribution in [3.05, 3.63) is 70.3 Å². The Morgan fingerprint density at radius 2 is 1.96 bits per heavy atom. The van der Waals surface area contributed by atoms with Crippen molar-refractivity contribution in [3.8, 4) is 17.0 Å². The molecule has 3 rings (SSSR count). The zero-order valence-corrected chi connectivity index (χ0v) is 13.2. The molecular weight excluding hydrogens is 324 g/mol. The maximum atomic E-state index is 12.2. The van der Waals surface area contributed by atoms with Crippen molar-refractivity contribution in [2.75, 3.05) is 12.4 Å². The summed E-state index contributed by atoms with van der Waals surface area (Å²) < 4.78 is 5.05. The van der Waals surface area contributed by atoms with Crippen LogP contribution in [0, 0.1) is 10.1 Å². The number of ether oxygens (including phenoxy) is 1. The first-order valence-electron chi connectivity index (χ1n) is 7.32. The van der Waals surface area contributed by atoms with Crippen molar-refractivity contribution in [3.63, 3.8) is 0 Å². The molecule has 0 radical (unpaired) electrons. The minimum Gasteiger partial charge on any atom is -0.497 e. The van der Waals surface area contributed by atoms with E-state index in [0.29, 0.717) is 28.4 Å². The van der Waals surface area contributed by atoms with Crippen molar-refractivity contribution in [1.82, 2.24) is 10.2 Å². The second kappa shape index (κ2) is 6.83. The largest absolute Gasteiger partial charge is 0.497 e. The predicted molar refractivity (Wildman–Crippen MR) is 91.6 cm³/mol. The predicted octanol–water partition coefficient (Wildman–Crippen LogP) is 3.25. The first-order chi connectivity index (χ1) is 12.1. The van der Waals surface area contributed by atoms with Gasteiger partial charge >= 0.3 is 0 Å². The van der Waals surface area contributed by atoms with Crippen LogP contribution in [0.5, 0.6) is 5.75 Å². The number of hydrogen-bond donors (Lipinski definition) is 2. The summed E-state index contributed by atoms with van der Waals surface area (Å²) in [6.07, 6.45) is 0. The molecule has 0 unspecified atom stereocenters. The number of anilines is 1. The van der Waals surface area contributed by atoms with Crippen molar-refractivity contribution in [2.24, 2.45) is 0 Å². The van der Waals surface area contributed by atoms with E-state index in [1.165, 1.54) is 12.1 Å². The number of H-pyrrole nitrogens is 1. The third kappa shape index (κ3) is 3.63. The third-order valence-corrected chi connectivity index (χ3v) is 3.54. The molecule has 1 aromatic heterocycles. The number of methoxy groups -OCH3 is 1. The van der Waals surface area contributed by atoms with Gasteiger partial charge in [0.1, 0.15) is 5.75 Å². The SMILES string of the molecule is COc1ccc(C(=O)Nc2cc(-c3cccc([N+](=O)[O-])c3)[nH]n2)cc1. The minimum absolute atomic E-state index is 0.0177. The van der Waals surface area contributed by atoms with Crippen LogP contribution < -0.4 is 10.1 Å². The van der Waals surface area contributed by atoms with Crippen LogP contribution >= 0.6 is 0 Å². The number of amides is 1. The number of nitrogens with one attached hydrogen (secondary N) is 2. The zero-order valence-electron chi connectivity index (χ0n) is 13.2. The summed E-state index contributed by atoms with van der Waals surface area (Å²) in [7, 11) is 1.55. The number of benzene rings is 2. The molecule has 25 heavy (non-hydrogen) atoms. The van der Waals surface area contributed by atoms with Crippen LogP contribution in [0.1, 0.15) is 10.4 Å². The molecule has 126 valence electrons. The van der Waals surface area contributed by atoms with Crippen molar-refractivity contribution < 1.29 is 14.5 Å². The van der Waals surface area contributed by atoms with Crippen LogP contribution in [0.3, 0.4) is 0 Å². The standard InChI is InChI=1S/C17H14N4O4/c1-25-14-7-5-11(6-8-14)17(22)18-16-10-15(19-20-16)12-3-2-4-13(9-12)21(23)24/h2-10H,1H3,(H2,18,19,20,22). The molecule has 2 N–H and O–H groups in total. The Labute approximate surface area is 142 Å². The molecule has 2 aromatic carbocycles. The van der Waals surface area contributed by atoms with E-state index >= 15 is 0 Å². The maximum Gasteiger partial charge on any atom is 0.270 e. The number of nitro benzene ring substituents is 1. The van der Waals surface area contributed by atoms with Gasteiger partial charge in [-0.2, -0.15) is 5.10 Å². The van der Waals surface area contributed by atoms with Gasteiger partial charge < -0.3 is 10.1 Å². The van der Waals surface area contributed by atoms with E-state index in [9.17, 15) is 14.9 Å². The molecule has 0 fully saturated rings. The molecule has 0 aliphatic heterocycles. The van der Waals surface area contributed by atoms with Crippen LogP contribution in [0.2, 0.25) is 0 Å². The van der Waals surface area contributed by atoms with Crippen LogP contribution in [0.4, 0.5) is 11.5 Å². The second-order valence-electron chi connectivity index (χ2n) is 5.16. The molecule has 8 nitrogen and oxygen atoms in total. The summed E-state index contributed by atoms with van der Waals surface area (Å²) in [5, 5.41) is 20.3. The summed E-state index contributed by atoms with van der Waals surface area (Å²) in [5.41, 5.74) is 1.61. The normalized spacial score (nSPS) is 10.3. The van der Waals surface area contributed by atoms with Gasteiger partial charge in [0.2, 0.25) is 0 Å². The second-order valence-corrected chi connectivity index (χ2v) is 5.16. The summed E-state index contributed by atoms with van der Waals surface area (Å²) in [6.45, 7) is 0. The average molecular weight is 338 g/mol. The Kier molecular flexibility index (Phi) is 4.42. The fourth-order valence-corrected chi connectivity index (χ4v) is 2.25. The number of nitro groups is 1. The zero-order chi connectivity index (χ0) is 17.8. The summed E-state index contributed by atoms with van der Waals surface area (Å²) in [4.78, 5) is 22.6. The van der Waals surface area contributed by atoms with Gasteiger partial charge in [-0.3, -0.25) is 20.0 Å². The molecule has 0 atom stereocenters. The number of rotatable bonds is 5. The molecule has 8 heteroatoms. The lowest BCUT2D eigenvalue weighted by Gasteiger charge is -2.03. The number of non-ortho nitro benzene ring substituents is 1. The highest BCUT2D eigenvalue weighted by atomic mass is 16.6. The van der Waals surface area contributed by atoms with Crippen molar-refractivity contribution in [2.45, 2.75) is 0 Å². The number of hydrogen-bond acceptors (Lipinski definition) is 5. The molecule has 0 aliphatic rings. The van der Waals surface area contributed by atoms with E-state index in [4.69, 9.17) is 4.74 Å². The summed E-state index contributed by atoms with van der Waals surface area (Å²) in [6, 6.07) is 14.4. The molecular formula is C17H14N4O4. The molecule has 0 saturated heterocycles. The molecule has 3 aromatic rings. The van der Waals surface area contributed by atoms with Crippen LogP contribution in [-0.2, 0) is 0 Å². The Bertz CT molecular complexity index is 918. The number of aromatic amines is 1. The Morgan fingerprint density at radius 3 is 2.64 bits per heavy atom. The highest BCUT2D eigenvalue weighted by Crippen LogP contribution is 2.24. The Hall–Kier alpha value is -3.68. The summed E-state index contributed by atoms with van der Waals surface area (Å²) in [5.74, 6) is 0.659. The monoisotopic (exact) mass is 338 g/mol. The Morgan fingerprint density at radius 1 is 1.20 bits per heavy atom. The molecule has 0 spiro atoms. The van der Waals surface area contributed by atoms with E-state index in [-0.39, 0.29) is 11.6 Å². The van der Waals surface area contributed by atoms with E-state index in [0.717, 1.165) is 0 Å². The average Bonchev–Trinajstić information content (AvgIpc) is 3.10. The van der Waals surface area contributed by atoms with Crippen LogP contribution in [-0.4, -0.2) is 28.1 Å². The number of carbonyl (C=O) groups is 1. The topological polar surface area (TPSA) is 110 Å². The Balaban J connectivity index is 1.76. The van der Waals surface area contributed by atoms with Crippen molar-refractivity contribution in [1.29, 1.82) is 0 Å². The molecule has 1 heterocycles. The van der Waals surface area contributed by atoms with Crippen LogP contribution in [0.25, 0.3) is 11.3 Å². The third-order valence-electron chi connectivity index (χ3n) is 3.54. The lowest BCUT2D eigenvalue weighted by atomic mass is 10.1. The van der Waals surface area contributed by atoms with Gasteiger partial charge in [0, 0.05) is 29.3 Å². The highest BCUT2D eigenvalue weighted by molar-refractivity contribution is 6.04. The van der Waals surface area contributed by atoms with Gasteiger partial charge in [-0.15, -0.1) is 0 Å². The highest BCUT2D eigenvalue weighted by Gasteiger charge is 2.12. The van der Waals surface area contributed by atoms with E-state index in [1.54, 1.807) is 49.6 Å². The fourth-order valence-electron chi connectivity index (χ4n) is 2.25. The van der Waals surface area contributed by atoms with E-state index in [1.807, 2.05) is 0 Å². The molecule has 1 amide bonds. The van der Waals surface area contributed by atoms with E-state index in [2.05, 4.69) is 15.5 Å². The molecule has 0 saturated carbocycles. The quantitative estimate of drug-likeness (QED) is 0.548. The number of aromatic nitrogens is 2.